The molecule has 0 aliphatic carbocycles. The molecule has 110 valence electrons. The zero-order chi connectivity index (χ0) is 15.1. The maximum Gasteiger partial charge on any atom is 0.320 e. The molecule has 0 fully saturated rings. The maximum atomic E-state index is 12.0. The first-order valence-electron chi connectivity index (χ1n) is 6.91. The number of esters is 2. The van der Waals surface area contributed by atoms with Crippen molar-refractivity contribution in [2.24, 2.45) is 5.92 Å². The van der Waals surface area contributed by atoms with Crippen LogP contribution in [0.25, 0.3) is 0 Å². The van der Waals surface area contributed by atoms with Crippen LogP contribution in [0.4, 0.5) is 0 Å². The molecule has 0 aromatic heterocycles. The molecule has 0 heterocycles. The van der Waals surface area contributed by atoms with Crippen LogP contribution in [0.3, 0.4) is 0 Å². The molecule has 0 N–H and O–H groups in total. The molecule has 1 atom stereocenters. The van der Waals surface area contributed by atoms with Gasteiger partial charge in [-0.25, -0.2) is 0 Å². The van der Waals surface area contributed by atoms with Crippen LogP contribution in [0.5, 0.6) is 0 Å². The molecule has 0 bridgehead atoms. The number of hydrogen-bond donors (Lipinski definition) is 0. The Balaban J connectivity index is 2.99. The van der Waals surface area contributed by atoms with Crippen molar-refractivity contribution in [3.05, 3.63) is 35.4 Å². The molecule has 1 aromatic carbocycles. The van der Waals surface area contributed by atoms with Gasteiger partial charge in [0.05, 0.1) is 13.2 Å². The predicted octanol–water partition coefficient (Wildman–Crippen LogP) is 2.84. The van der Waals surface area contributed by atoms with Crippen LogP contribution >= 0.6 is 0 Å². The summed E-state index contributed by atoms with van der Waals surface area (Å²) in [4.78, 5) is 24.0. The summed E-state index contributed by atoms with van der Waals surface area (Å²) in [6.45, 7) is 7.75. The van der Waals surface area contributed by atoms with Crippen LogP contribution in [-0.2, 0) is 19.1 Å². The number of rotatable bonds is 6. The Hall–Kier alpha value is -1.84. The Morgan fingerprint density at radius 2 is 1.45 bits per heavy atom. The third kappa shape index (κ3) is 4.08. The number of ether oxygens (including phenoxy) is 2. The van der Waals surface area contributed by atoms with Gasteiger partial charge in [-0.05, 0) is 26.3 Å². The van der Waals surface area contributed by atoms with Crippen molar-refractivity contribution >= 4 is 11.9 Å². The third-order valence-corrected chi connectivity index (χ3v) is 3.18. The molecule has 0 aliphatic rings. The highest BCUT2D eigenvalue weighted by atomic mass is 16.6. The molecule has 0 saturated heterocycles. The van der Waals surface area contributed by atoms with Crippen molar-refractivity contribution in [2.45, 2.75) is 33.6 Å². The number of carbonyl (C=O) groups is 2. The van der Waals surface area contributed by atoms with E-state index in [4.69, 9.17) is 9.47 Å². The minimum Gasteiger partial charge on any atom is -0.465 e. The lowest BCUT2D eigenvalue weighted by Gasteiger charge is -2.21. The average molecular weight is 278 g/mol. The maximum absolute atomic E-state index is 12.0. The number of carbonyl (C=O) groups excluding carboxylic acids is 2. The molecule has 1 rings (SSSR count). The second kappa shape index (κ2) is 7.68. The van der Waals surface area contributed by atoms with Gasteiger partial charge < -0.3 is 9.47 Å². The number of hydrogen-bond acceptors (Lipinski definition) is 4. The second-order valence-electron chi connectivity index (χ2n) is 4.68. The van der Waals surface area contributed by atoms with E-state index >= 15 is 0 Å². The molecule has 0 saturated carbocycles. The fourth-order valence-electron chi connectivity index (χ4n) is 2.03. The minimum atomic E-state index is -0.919. The highest BCUT2D eigenvalue weighted by Crippen LogP contribution is 2.27. The van der Waals surface area contributed by atoms with E-state index in [0.717, 1.165) is 11.1 Å². The first kappa shape index (κ1) is 16.2. The van der Waals surface area contributed by atoms with Gasteiger partial charge in [0.25, 0.3) is 0 Å². The Labute approximate surface area is 120 Å². The Kier molecular flexibility index (Phi) is 6.22. The summed E-state index contributed by atoms with van der Waals surface area (Å²) in [7, 11) is 0. The average Bonchev–Trinajstić information content (AvgIpc) is 2.40. The lowest BCUT2D eigenvalue weighted by molar-refractivity contribution is -0.162. The summed E-state index contributed by atoms with van der Waals surface area (Å²) < 4.78 is 10.00. The monoisotopic (exact) mass is 278 g/mol. The van der Waals surface area contributed by atoms with Gasteiger partial charge >= 0.3 is 11.9 Å². The topological polar surface area (TPSA) is 52.6 Å². The Morgan fingerprint density at radius 1 is 1.00 bits per heavy atom. The molecule has 4 heteroatoms. The molecule has 0 amide bonds. The fraction of sp³-hybridized carbons (Fsp3) is 0.500. The van der Waals surface area contributed by atoms with Crippen LogP contribution in [0.1, 0.15) is 37.8 Å². The SMILES string of the molecule is CCOC(=O)C(C(=O)OCC)C(C)c1ccc(C)cc1. The molecular weight excluding hydrogens is 256 g/mol. The van der Waals surface area contributed by atoms with Gasteiger partial charge in [0, 0.05) is 5.92 Å². The summed E-state index contributed by atoms with van der Waals surface area (Å²) in [5.74, 6) is -2.26. The van der Waals surface area contributed by atoms with E-state index in [2.05, 4.69) is 0 Å². The summed E-state index contributed by atoms with van der Waals surface area (Å²) in [5.41, 5.74) is 2.05. The molecule has 0 radical (unpaired) electrons. The first-order chi connectivity index (χ1) is 9.51. The van der Waals surface area contributed by atoms with Gasteiger partial charge in [0.15, 0.2) is 5.92 Å². The summed E-state index contributed by atoms with van der Waals surface area (Å²) in [5, 5.41) is 0. The van der Waals surface area contributed by atoms with Crippen LogP contribution in [0, 0.1) is 12.8 Å². The van der Waals surface area contributed by atoms with Gasteiger partial charge in [0.1, 0.15) is 0 Å². The van der Waals surface area contributed by atoms with Crippen molar-refractivity contribution in [1.29, 1.82) is 0 Å². The molecule has 0 spiro atoms. The van der Waals surface area contributed by atoms with Gasteiger partial charge in [-0.2, -0.15) is 0 Å². The lowest BCUT2D eigenvalue weighted by Crippen LogP contribution is -2.32. The van der Waals surface area contributed by atoms with Crippen LogP contribution in [-0.4, -0.2) is 25.2 Å². The molecular formula is C16H22O4. The van der Waals surface area contributed by atoms with Crippen LogP contribution in [0.15, 0.2) is 24.3 Å². The van der Waals surface area contributed by atoms with Gasteiger partial charge in [-0.3, -0.25) is 9.59 Å². The molecule has 4 nitrogen and oxygen atoms in total. The molecule has 20 heavy (non-hydrogen) atoms. The molecule has 0 aliphatic heterocycles. The highest BCUT2D eigenvalue weighted by Gasteiger charge is 2.35. The van der Waals surface area contributed by atoms with E-state index in [0.29, 0.717) is 0 Å². The van der Waals surface area contributed by atoms with Crippen molar-refractivity contribution < 1.29 is 19.1 Å². The largest absolute Gasteiger partial charge is 0.465 e. The number of aryl methyl sites for hydroxylation is 1. The van der Waals surface area contributed by atoms with Crippen molar-refractivity contribution in [1.82, 2.24) is 0 Å². The zero-order valence-electron chi connectivity index (χ0n) is 12.5. The smallest absolute Gasteiger partial charge is 0.320 e. The summed E-state index contributed by atoms with van der Waals surface area (Å²) in [6.07, 6.45) is 0. The quantitative estimate of drug-likeness (QED) is 0.593. The van der Waals surface area contributed by atoms with Crippen LogP contribution in [0.2, 0.25) is 0 Å². The van der Waals surface area contributed by atoms with Crippen molar-refractivity contribution in [3.8, 4) is 0 Å². The van der Waals surface area contributed by atoms with Crippen molar-refractivity contribution in [2.75, 3.05) is 13.2 Å². The normalized spacial score (nSPS) is 12.1. The van der Waals surface area contributed by atoms with Gasteiger partial charge in [0.2, 0.25) is 0 Å². The molecule has 1 unspecified atom stereocenters. The van der Waals surface area contributed by atoms with E-state index in [-0.39, 0.29) is 19.1 Å². The zero-order valence-corrected chi connectivity index (χ0v) is 12.5. The fourth-order valence-corrected chi connectivity index (χ4v) is 2.03. The third-order valence-electron chi connectivity index (χ3n) is 3.18. The second-order valence-corrected chi connectivity index (χ2v) is 4.68. The lowest BCUT2D eigenvalue weighted by atomic mass is 9.87. The van der Waals surface area contributed by atoms with Gasteiger partial charge in [-0.15, -0.1) is 0 Å². The standard InChI is InChI=1S/C16H22O4/c1-5-19-15(17)14(16(18)20-6-2)12(4)13-9-7-11(3)8-10-13/h7-10,12,14H,5-6H2,1-4H3. The highest BCUT2D eigenvalue weighted by molar-refractivity contribution is 5.96. The molecule has 1 aromatic rings. The van der Waals surface area contributed by atoms with E-state index in [1.54, 1.807) is 13.8 Å². The summed E-state index contributed by atoms with van der Waals surface area (Å²) >= 11 is 0. The van der Waals surface area contributed by atoms with E-state index in [1.165, 1.54) is 0 Å². The van der Waals surface area contributed by atoms with E-state index < -0.39 is 17.9 Å². The van der Waals surface area contributed by atoms with E-state index in [9.17, 15) is 9.59 Å². The van der Waals surface area contributed by atoms with Crippen molar-refractivity contribution in [3.63, 3.8) is 0 Å². The first-order valence-corrected chi connectivity index (χ1v) is 6.91. The summed E-state index contributed by atoms with van der Waals surface area (Å²) in [6, 6.07) is 7.76. The van der Waals surface area contributed by atoms with Crippen LogP contribution < -0.4 is 0 Å². The number of benzene rings is 1. The Morgan fingerprint density at radius 3 is 1.85 bits per heavy atom. The van der Waals surface area contributed by atoms with E-state index in [1.807, 2.05) is 38.1 Å². The predicted molar refractivity (Wildman–Crippen MR) is 76.4 cm³/mol. The minimum absolute atomic E-state index is 0.245. The van der Waals surface area contributed by atoms with Gasteiger partial charge in [-0.1, -0.05) is 36.8 Å². The Bertz CT molecular complexity index is 432.